The summed E-state index contributed by atoms with van der Waals surface area (Å²) in [6.45, 7) is 11.3. The van der Waals surface area contributed by atoms with E-state index in [4.69, 9.17) is 33.2 Å². The predicted octanol–water partition coefficient (Wildman–Crippen LogP) is 7.91. The van der Waals surface area contributed by atoms with Gasteiger partial charge in [0.05, 0.1) is 19.8 Å². The molecule has 0 bridgehead atoms. The van der Waals surface area contributed by atoms with Crippen molar-refractivity contribution in [1.82, 2.24) is 0 Å². The Labute approximate surface area is 251 Å². The summed E-state index contributed by atoms with van der Waals surface area (Å²) in [6.07, 6.45) is 9.40. The molecule has 0 radical (unpaired) electrons. The maximum absolute atomic E-state index is 6.81. The number of hydrogen-bond acceptors (Lipinski definition) is 7. The molecule has 4 heterocycles. The molecule has 42 heavy (non-hydrogen) atoms. The van der Waals surface area contributed by atoms with Gasteiger partial charge in [0, 0.05) is 53.9 Å². The summed E-state index contributed by atoms with van der Waals surface area (Å²) in [5.74, 6) is 3.32. The van der Waals surface area contributed by atoms with Crippen LogP contribution in [0.1, 0.15) is 103 Å². The second-order valence-corrected chi connectivity index (χ2v) is 12.8. The van der Waals surface area contributed by atoms with Gasteiger partial charge in [-0.1, -0.05) is 32.9 Å². The Morgan fingerprint density at radius 2 is 1.21 bits per heavy atom. The lowest BCUT2D eigenvalue weighted by molar-refractivity contribution is -0.109. The first-order valence-electron chi connectivity index (χ1n) is 16.2. The fourth-order valence-electron chi connectivity index (χ4n) is 6.99. The van der Waals surface area contributed by atoms with Crippen LogP contribution in [0.2, 0.25) is 0 Å². The van der Waals surface area contributed by atoms with E-state index in [-0.39, 0.29) is 24.8 Å². The van der Waals surface area contributed by atoms with Gasteiger partial charge in [0.1, 0.15) is 28.6 Å². The lowest BCUT2D eigenvalue weighted by Crippen LogP contribution is -2.53. The van der Waals surface area contributed by atoms with Crippen molar-refractivity contribution in [2.45, 2.75) is 122 Å². The Hall–Kier alpha value is -2.48. The average molecular weight is 581 g/mol. The normalized spacial score (nSPS) is 33.2. The van der Waals surface area contributed by atoms with E-state index in [0.29, 0.717) is 0 Å². The van der Waals surface area contributed by atoms with Gasteiger partial charge in [-0.3, -0.25) is 0 Å². The van der Waals surface area contributed by atoms with Crippen LogP contribution >= 0.6 is 0 Å². The zero-order valence-electron chi connectivity index (χ0n) is 25.8. The fourth-order valence-corrected chi connectivity index (χ4v) is 6.99. The molecular formula is C35H48O7. The topological polar surface area (TPSA) is 64.6 Å². The fraction of sp³-hybridized carbons (Fsp3) is 0.657. The average Bonchev–Trinajstić information content (AvgIpc) is 3.01. The van der Waals surface area contributed by atoms with Crippen molar-refractivity contribution in [3.63, 3.8) is 0 Å². The van der Waals surface area contributed by atoms with Crippen LogP contribution in [0.4, 0.5) is 0 Å². The molecule has 4 aliphatic rings. The Bertz CT molecular complexity index is 1200. The van der Waals surface area contributed by atoms with Crippen LogP contribution < -0.4 is 18.9 Å². The molecule has 230 valence electrons. The van der Waals surface area contributed by atoms with Crippen molar-refractivity contribution in [2.75, 3.05) is 19.8 Å². The lowest BCUT2D eigenvalue weighted by Gasteiger charge is -2.52. The van der Waals surface area contributed by atoms with Crippen LogP contribution in [0.25, 0.3) is 0 Å². The Morgan fingerprint density at radius 1 is 0.690 bits per heavy atom. The van der Waals surface area contributed by atoms with Crippen LogP contribution in [0.5, 0.6) is 23.0 Å². The number of ether oxygens (including phenoxy) is 7. The molecule has 7 heteroatoms. The van der Waals surface area contributed by atoms with Crippen LogP contribution in [0.3, 0.4) is 0 Å². The molecule has 3 saturated heterocycles. The van der Waals surface area contributed by atoms with E-state index < -0.39 is 11.0 Å². The van der Waals surface area contributed by atoms with Crippen molar-refractivity contribution in [2.24, 2.45) is 5.92 Å². The van der Waals surface area contributed by atoms with Crippen LogP contribution in [-0.2, 0) is 19.6 Å². The minimum Gasteiger partial charge on any atom is -0.487 e. The van der Waals surface area contributed by atoms with E-state index in [1.807, 2.05) is 12.1 Å². The Kier molecular flexibility index (Phi) is 8.90. The third-order valence-electron chi connectivity index (χ3n) is 10.1. The third kappa shape index (κ3) is 5.97. The minimum absolute atomic E-state index is 0.138. The SMILES string of the molecule is CCC1(C)Oc2cc(OC3CCCCO3)ccc2C(C)(c2ccc(OC3CCCCO3)cc2OC2CCCCO2)C1C. The molecule has 6 atom stereocenters. The highest BCUT2D eigenvalue weighted by Crippen LogP contribution is 2.56. The zero-order chi connectivity index (χ0) is 29.2. The molecule has 0 saturated carbocycles. The first-order chi connectivity index (χ1) is 20.4. The third-order valence-corrected chi connectivity index (χ3v) is 10.1. The van der Waals surface area contributed by atoms with Gasteiger partial charge in [-0.2, -0.15) is 0 Å². The smallest absolute Gasteiger partial charge is 0.199 e. The maximum atomic E-state index is 6.81. The number of fused-ring (bicyclic) bond motifs is 1. The highest BCUT2D eigenvalue weighted by atomic mass is 16.7. The van der Waals surface area contributed by atoms with E-state index in [2.05, 4.69) is 52.0 Å². The van der Waals surface area contributed by atoms with Gasteiger partial charge in [-0.05, 0) is 64.0 Å². The number of hydrogen-bond donors (Lipinski definition) is 0. The molecule has 2 aromatic carbocycles. The predicted molar refractivity (Wildman–Crippen MR) is 160 cm³/mol. The molecule has 4 aliphatic heterocycles. The van der Waals surface area contributed by atoms with E-state index >= 15 is 0 Å². The summed E-state index contributed by atoms with van der Waals surface area (Å²) < 4.78 is 43.9. The largest absolute Gasteiger partial charge is 0.487 e. The molecule has 0 amide bonds. The van der Waals surface area contributed by atoms with E-state index in [1.54, 1.807) is 0 Å². The molecule has 6 unspecified atom stereocenters. The summed E-state index contributed by atoms with van der Waals surface area (Å²) >= 11 is 0. The van der Waals surface area contributed by atoms with Gasteiger partial charge in [0.2, 0.25) is 0 Å². The molecular weight excluding hydrogens is 532 g/mol. The van der Waals surface area contributed by atoms with Crippen molar-refractivity contribution >= 4 is 0 Å². The maximum Gasteiger partial charge on any atom is 0.199 e. The van der Waals surface area contributed by atoms with E-state index in [9.17, 15) is 0 Å². The second kappa shape index (κ2) is 12.6. The standard InChI is InChI=1S/C35H48O7/c1-5-34(3)24(2)35(4,28-18-16-26(23-30(28)42-34)40-32-13-7-10-20-37-32)27-17-15-25(39-31-12-6-9-19-36-31)22-29(27)41-33-14-8-11-21-38-33/h15-18,22-24,31-33H,5-14,19-21H2,1-4H3. The highest BCUT2D eigenvalue weighted by Gasteiger charge is 2.52. The van der Waals surface area contributed by atoms with Crippen molar-refractivity contribution in [3.8, 4) is 23.0 Å². The monoisotopic (exact) mass is 580 g/mol. The lowest BCUT2D eigenvalue weighted by atomic mass is 9.60. The van der Waals surface area contributed by atoms with Gasteiger partial charge in [-0.25, -0.2) is 0 Å². The van der Waals surface area contributed by atoms with Gasteiger partial charge in [-0.15, -0.1) is 0 Å². The summed E-state index contributed by atoms with van der Waals surface area (Å²) in [4.78, 5) is 0. The number of benzene rings is 2. The van der Waals surface area contributed by atoms with Gasteiger partial charge in [0.15, 0.2) is 18.9 Å². The van der Waals surface area contributed by atoms with Crippen LogP contribution in [0.15, 0.2) is 36.4 Å². The molecule has 0 aliphatic carbocycles. The summed E-state index contributed by atoms with van der Waals surface area (Å²) in [5.41, 5.74) is 1.42. The molecule has 6 rings (SSSR count). The molecule has 7 nitrogen and oxygen atoms in total. The Morgan fingerprint density at radius 3 is 1.74 bits per heavy atom. The zero-order valence-corrected chi connectivity index (χ0v) is 25.8. The first kappa shape index (κ1) is 29.6. The van der Waals surface area contributed by atoms with E-state index in [0.717, 1.165) is 118 Å². The van der Waals surface area contributed by atoms with Crippen LogP contribution in [-0.4, -0.2) is 44.3 Å². The number of rotatable bonds is 8. The molecule has 0 N–H and O–H groups in total. The van der Waals surface area contributed by atoms with Crippen molar-refractivity contribution in [1.29, 1.82) is 0 Å². The summed E-state index contributed by atoms with van der Waals surface area (Å²) in [6, 6.07) is 12.6. The minimum atomic E-state index is -0.415. The van der Waals surface area contributed by atoms with Crippen molar-refractivity contribution < 1.29 is 33.2 Å². The Balaban J connectivity index is 1.39. The molecule has 0 spiro atoms. The van der Waals surface area contributed by atoms with Gasteiger partial charge in [0.25, 0.3) is 0 Å². The molecule has 3 fully saturated rings. The van der Waals surface area contributed by atoms with Crippen molar-refractivity contribution in [3.05, 3.63) is 47.5 Å². The highest BCUT2D eigenvalue weighted by molar-refractivity contribution is 5.57. The molecule has 0 aromatic heterocycles. The van der Waals surface area contributed by atoms with Gasteiger partial charge < -0.3 is 33.2 Å². The summed E-state index contributed by atoms with van der Waals surface area (Å²) in [5, 5.41) is 0. The quantitative estimate of drug-likeness (QED) is 0.314. The molecule has 2 aromatic rings. The first-order valence-corrected chi connectivity index (χ1v) is 16.2. The van der Waals surface area contributed by atoms with Crippen LogP contribution in [0, 0.1) is 5.92 Å². The van der Waals surface area contributed by atoms with Gasteiger partial charge >= 0.3 is 0 Å². The van der Waals surface area contributed by atoms with E-state index in [1.165, 1.54) is 0 Å². The summed E-state index contributed by atoms with van der Waals surface area (Å²) in [7, 11) is 0. The second-order valence-electron chi connectivity index (χ2n) is 12.8.